The predicted octanol–water partition coefficient (Wildman–Crippen LogP) is 5.85. The van der Waals surface area contributed by atoms with Crippen LogP contribution >= 0.6 is 11.8 Å². The molecule has 0 atom stereocenters. The van der Waals surface area contributed by atoms with Crippen LogP contribution in [0.25, 0.3) is 0 Å². The van der Waals surface area contributed by atoms with Crippen LogP contribution in [-0.4, -0.2) is 25.1 Å². The van der Waals surface area contributed by atoms with Gasteiger partial charge in [-0.1, -0.05) is 49.4 Å². The highest BCUT2D eigenvalue weighted by molar-refractivity contribution is 7.99. The van der Waals surface area contributed by atoms with E-state index in [9.17, 15) is 9.59 Å². The van der Waals surface area contributed by atoms with Gasteiger partial charge in [0, 0.05) is 9.79 Å². The van der Waals surface area contributed by atoms with Crippen LogP contribution in [0.4, 0.5) is 11.4 Å². The summed E-state index contributed by atoms with van der Waals surface area (Å²) in [5.41, 5.74) is 1.97. The minimum atomic E-state index is -0.540. The molecule has 3 aromatic rings. The second-order valence-corrected chi connectivity index (χ2v) is 8.15. The fraction of sp³-hybridized carbons (Fsp3) is 0.200. The van der Waals surface area contributed by atoms with E-state index in [1.54, 1.807) is 40.9 Å². The topological polar surface area (TPSA) is 55.8 Å². The Morgan fingerprint density at radius 2 is 1.48 bits per heavy atom. The summed E-state index contributed by atoms with van der Waals surface area (Å²) in [7, 11) is 0. The van der Waals surface area contributed by atoms with Crippen molar-refractivity contribution in [3.8, 4) is 5.75 Å². The van der Waals surface area contributed by atoms with Crippen LogP contribution in [-0.2, 0) is 9.53 Å². The highest BCUT2D eigenvalue weighted by Gasteiger charge is 2.28. The summed E-state index contributed by atoms with van der Waals surface area (Å²) in [4.78, 5) is 29.1. The Kier molecular flexibility index (Phi) is 6.57. The van der Waals surface area contributed by atoms with E-state index in [-0.39, 0.29) is 12.5 Å². The molecule has 1 heterocycles. The number of nitrogens with zero attached hydrogens (tertiary/aromatic N) is 1. The SMILES string of the molecule is CCCCOc1ccc(C(=O)OCC(=O)N2c3ccccc3Sc3ccccc32)cc1. The van der Waals surface area contributed by atoms with Gasteiger partial charge in [0.1, 0.15) is 5.75 Å². The zero-order valence-electron chi connectivity index (χ0n) is 17.2. The van der Waals surface area contributed by atoms with Crippen molar-refractivity contribution >= 4 is 35.0 Å². The lowest BCUT2D eigenvalue weighted by Crippen LogP contribution is -2.32. The standard InChI is InChI=1S/C25H23NO4S/c1-2-3-16-29-19-14-12-18(13-15-19)25(28)30-17-24(27)26-20-8-4-6-10-22(20)31-23-11-7-5-9-21(23)26/h4-15H,2-3,16-17H2,1H3. The fourth-order valence-corrected chi connectivity index (χ4v) is 4.33. The number of anilines is 2. The number of para-hydroxylation sites is 2. The summed E-state index contributed by atoms with van der Waals surface area (Å²) in [6, 6.07) is 22.2. The lowest BCUT2D eigenvalue weighted by molar-refractivity contribution is -0.121. The quantitative estimate of drug-likeness (QED) is 0.345. The van der Waals surface area contributed by atoms with E-state index >= 15 is 0 Å². The first-order valence-electron chi connectivity index (χ1n) is 10.3. The Bertz CT molecular complexity index is 1040. The first-order chi connectivity index (χ1) is 15.2. The van der Waals surface area contributed by atoms with E-state index in [1.165, 1.54) is 0 Å². The van der Waals surface area contributed by atoms with Crippen LogP contribution in [0.1, 0.15) is 30.1 Å². The maximum absolute atomic E-state index is 13.1. The Balaban J connectivity index is 1.44. The van der Waals surface area contributed by atoms with Crippen LogP contribution in [0.5, 0.6) is 5.75 Å². The average molecular weight is 434 g/mol. The molecule has 0 spiro atoms. The molecule has 4 rings (SSSR count). The largest absolute Gasteiger partial charge is 0.494 e. The maximum atomic E-state index is 13.1. The molecule has 0 aliphatic carbocycles. The van der Waals surface area contributed by atoms with Gasteiger partial charge in [-0.25, -0.2) is 4.79 Å². The first-order valence-corrected chi connectivity index (χ1v) is 11.1. The van der Waals surface area contributed by atoms with Crippen molar-refractivity contribution in [2.45, 2.75) is 29.6 Å². The van der Waals surface area contributed by atoms with Gasteiger partial charge in [-0.05, 0) is 55.0 Å². The zero-order valence-corrected chi connectivity index (χ0v) is 18.1. The summed E-state index contributed by atoms with van der Waals surface area (Å²) in [5, 5.41) is 0. The molecule has 0 aromatic heterocycles. The van der Waals surface area contributed by atoms with Gasteiger partial charge in [0.05, 0.1) is 23.5 Å². The third-order valence-electron chi connectivity index (χ3n) is 4.87. The second-order valence-electron chi connectivity index (χ2n) is 7.07. The number of amides is 1. The molecule has 6 heteroatoms. The normalized spacial score (nSPS) is 12.0. The summed E-state index contributed by atoms with van der Waals surface area (Å²) >= 11 is 1.62. The fourth-order valence-electron chi connectivity index (χ4n) is 3.27. The zero-order chi connectivity index (χ0) is 21.6. The number of carbonyl (C=O) groups is 2. The number of unbranched alkanes of at least 4 members (excludes halogenated alkanes) is 1. The van der Waals surface area contributed by atoms with Gasteiger partial charge in [-0.2, -0.15) is 0 Å². The van der Waals surface area contributed by atoms with Crippen LogP contribution < -0.4 is 9.64 Å². The smallest absolute Gasteiger partial charge is 0.338 e. The van der Waals surface area contributed by atoms with Crippen molar-refractivity contribution < 1.29 is 19.1 Å². The third-order valence-corrected chi connectivity index (χ3v) is 6.00. The Morgan fingerprint density at radius 3 is 2.10 bits per heavy atom. The molecule has 1 aliphatic rings. The number of ether oxygens (including phenoxy) is 2. The van der Waals surface area contributed by atoms with E-state index in [4.69, 9.17) is 9.47 Å². The van der Waals surface area contributed by atoms with Crippen molar-refractivity contribution in [3.05, 3.63) is 78.4 Å². The molecular formula is C25H23NO4S. The number of fused-ring (bicyclic) bond motifs is 2. The highest BCUT2D eigenvalue weighted by atomic mass is 32.2. The van der Waals surface area contributed by atoms with Crippen LogP contribution in [0, 0.1) is 0 Å². The first kappa shape index (κ1) is 21.0. The molecule has 31 heavy (non-hydrogen) atoms. The van der Waals surface area contributed by atoms with E-state index in [1.807, 2.05) is 48.5 Å². The molecule has 1 amide bonds. The lowest BCUT2D eigenvalue weighted by Gasteiger charge is -2.30. The number of hydrogen-bond donors (Lipinski definition) is 0. The third kappa shape index (κ3) is 4.75. The Labute approximate surface area is 186 Å². The van der Waals surface area contributed by atoms with Crippen LogP contribution in [0.15, 0.2) is 82.6 Å². The van der Waals surface area contributed by atoms with Gasteiger partial charge in [0.25, 0.3) is 5.91 Å². The maximum Gasteiger partial charge on any atom is 0.338 e. The second kappa shape index (κ2) is 9.71. The molecule has 0 radical (unpaired) electrons. The number of benzene rings is 3. The lowest BCUT2D eigenvalue weighted by atomic mass is 10.2. The molecular weight excluding hydrogens is 410 g/mol. The number of hydrogen-bond acceptors (Lipinski definition) is 5. The average Bonchev–Trinajstić information content (AvgIpc) is 2.81. The van der Waals surface area contributed by atoms with Gasteiger partial charge >= 0.3 is 5.97 Å². The molecule has 3 aromatic carbocycles. The molecule has 0 bridgehead atoms. The molecule has 0 fully saturated rings. The van der Waals surface area contributed by atoms with Crippen molar-refractivity contribution in [3.63, 3.8) is 0 Å². The van der Waals surface area contributed by atoms with Gasteiger partial charge < -0.3 is 9.47 Å². The summed E-state index contributed by atoms with van der Waals surface area (Å²) < 4.78 is 10.9. The molecule has 0 unspecified atom stereocenters. The molecule has 0 N–H and O–H groups in total. The van der Waals surface area contributed by atoms with Gasteiger partial charge in [-0.3, -0.25) is 9.69 Å². The van der Waals surface area contributed by atoms with Crippen molar-refractivity contribution in [2.24, 2.45) is 0 Å². The molecule has 0 saturated heterocycles. The molecule has 1 aliphatic heterocycles. The van der Waals surface area contributed by atoms with Crippen LogP contribution in [0.2, 0.25) is 0 Å². The highest BCUT2D eigenvalue weighted by Crippen LogP contribution is 2.47. The minimum absolute atomic E-state index is 0.298. The predicted molar refractivity (Wildman–Crippen MR) is 121 cm³/mol. The van der Waals surface area contributed by atoms with Crippen LogP contribution in [0.3, 0.4) is 0 Å². The Morgan fingerprint density at radius 1 is 0.871 bits per heavy atom. The summed E-state index contributed by atoms with van der Waals surface area (Å²) in [6.45, 7) is 2.40. The van der Waals surface area contributed by atoms with Crippen molar-refractivity contribution in [1.82, 2.24) is 0 Å². The van der Waals surface area contributed by atoms with E-state index in [0.717, 1.165) is 34.0 Å². The van der Waals surface area contributed by atoms with Gasteiger partial charge in [0.2, 0.25) is 0 Å². The molecule has 5 nitrogen and oxygen atoms in total. The number of carbonyl (C=O) groups excluding carboxylic acids is 2. The van der Waals surface area contributed by atoms with E-state index < -0.39 is 5.97 Å². The molecule has 158 valence electrons. The van der Waals surface area contributed by atoms with Gasteiger partial charge in [-0.15, -0.1) is 0 Å². The Hall–Kier alpha value is -3.25. The minimum Gasteiger partial charge on any atom is -0.494 e. The number of esters is 1. The van der Waals surface area contributed by atoms with Gasteiger partial charge in [0.15, 0.2) is 6.61 Å². The van der Waals surface area contributed by atoms with Crippen molar-refractivity contribution in [1.29, 1.82) is 0 Å². The molecule has 0 saturated carbocycles. The van der Waals surface area contributed by atoms with E-state index in [0.29, 0.717) is 17.9 Å². The summed E-state index contributed by atoms with van der Waals surface area (Å²) in [6.07, 6.45) is 2.04. The van der Waals surface area contributed by atoms with Crippen molar-refractivity contribution in [2.75, 3.05) is 18.1 Å². The monoisotopic (exact) mass is 433 g/mol. The number of rotatable bonds is 7. The summed E-state index contributed by atoms with van der Waals surface area (Å²) in [5.74, 6) is -0.130. The van der Waals surface area contributed by atoms with E-state index in [2.05, 4.69) is 6.92 Å².